The lowest BCUT2D eigenvalue weighted by atomic mass is 10.2. The summed E-state index contributed by atoms with van der Waals surface area (Å²) in [6.45, 7) is -1.06. The number of carbonyl (C=O) groups is 2. The van der Waals surface area contributed by atoms with Crippen LogP contribution in [0.4, 0.5) is 10.1 Å². The van der Waals surface area contributed by atoms with Crippen LogP contribution in [-0.4, -0.2) is 29.6 Å². The van der Waals surface area contributed by atoms with Crippen LogP contribution >= 0.6 is 0 Å². The standard InChI is InChI=1S/C10H8FNO6/c11-7(9(13)14)5-18-10(15)6-3-1-2-4-8(6)12(16)17/h1-4,7H,5H2,(H,13,14)/p-1. The van der Waals surface area contributed by atoms with E-state index in [-0.39, 0.29) is 5.56 Å². The second-order valence-electron chi connectivity index (χ2n) is 3.16. The molecule has 0 amide bonds. The van der Waals surface area contributed by atoms with Crippen molar-refractivity contribution in [1.82, 2.24) is 0 Å². The molecule has 0 heterocycles. The van der Waals surface area contributed by atoms with Gasteiger partial charge in [0.1, 0.15) is 12.2 Å². The molecule has 7 nitrogen and oxygen atoms in total. The molecule has 0 N–H and O–H groups in total. The Morgan fingerprint density at radius 2 is 2.00 bits per heavy atom. The zero-order valence-electron chi connectivity index (χ0n) is 8.87. The van der Waals surface area contributed by atoms with E-state index in [9.17, 15) is 29.2 Å². The zero-order valence-corrected chi connectivity index (χ0v) is 8.87. The van der Waals surface area contributed by atoms with Crippen molar-refractivity contribution in [3.8, 4) is 0 Å². The molecule has 1 aromatic rings. The molecule has 0 spiro atoms. The van der Waals surface area contributed by atoms with Crippen LogP contribution in [-0.2, 0) is 9.53 Å². The van der Waals surface area contributed by atoms with Crippen LogP contribution in [0.3, 0.4) is 0 Å². The molecule has 8 heteroatoms. The van der Waals surface area contributed by atoms with Gasteiger partial charge in [-0.3, -0.25) is 10.1 Å². The number of carbonyl (C=O) groups excluding carboxylic acids is 2. The highest BCUT2D eigenvalue weighted by Crippen LogP contribution is 2.18. The first-order chi connectivity index (χ1) is 8.43. The van der Waals surface area contributed by atoms with Crippen LogP contribution in [0.15, 0.2) is 24.3 Å². The Morgan fingerprint density at radius 3 is 2.56 bits per heavy atom. The molecule has 1 unspecified atom stereocenters. The van der Waals surface area contributed by atoms with Gasteiger partial charge in [-0.1, -0.05) is 12.1 Å². The van der Waals surface area contributed by atoms with Crippen molar-refractivity contribution in [3.63, 3.8) is 0 Å². The fraction of sp³-hybridized carbons (Fsp3) is 0.200. The number of nitro groups is 1. The first-order valence-corrected chi connectivity index (χ1v) is 4.69. The second-order valence-corrected chi connectivity index (χ2v) is 3.16. The number of aliphatic carboxylic acids is 1. The molecule has 1 rings (SSSR count). The molecular formula is C10H7FNO6-. The molecule has 1 atom stereocenters. The topological polar surface area (TPSA) is 110 Å². The van der Waals surface area contributed by atoms with E-state index < -0.39 is 35.3 Å². The molecule has 0 aliphatic carbocycles. The number of carboxylic acid groups (broad SMARTS) is 1. The summed E-state index contributed by atoms with van der Waals surface area (Å²) in [6, 6.07) is 4.89. The Bertz CT molecular complexity index is 489. The van der Waals surface area contributed by atoms with Gasteiger partial charge in [-0.2, -0.15) is 0 Å². The maximum absolute atomic E-state index is 12.6. The highest BCUT2D eigenvalue weighted by Gasteiger charge is 2.21. The smallest absolute Gasteiger partial charge is 0.345 e. The molecule has 0 saturated carbocycles. The average Bonchev–Trinajstić information content (AvgIpc) is 2.35. The van der Waals surface area contributed by atoms with Gasteiger partial charge in [0.25, 0.3) is 5.69 Å². The molecule has 0 aliphatic heterocycles. The lowest BCUT2D eigenvalue weighted by Gasteiger charge is -2.09. The van der Waals surface area contributed by atoms with E-state index in [1.54, 1.807) is 0 Å². The normalized spacial score (nSPS) is 11.6. The number of rotatable bonds is 5. The monoisotopic (exact) mass is 256 g/mol. The van der Waals surface area contributed by atoms with Crippen molar-refractivity contribution in [2.75, 3.05) is 6.61 Å². The fourth-order valence-electron chi connectivity index (χ4n) is 1.10. The summed E-state index contributed by atoms with van der Waals surface area (Å²) in [6.07, 6.45) is -2.48. The van der Waals surface area contributed by atoms with Gasteiger partial charge >= 0.3 is 5.97 Å². The van der Waals surface area contributed by atoms with Gasteiger partial charge in [0.15, 0.2) is 6.17 Å². The highest BCUT2D eigenvalue weighted by molar-refractivity contribution is 5.94. The Hall–Kier alpha value is -2.51. The predicted octanol–water partition coefficient (Wildman–Crippen LogP) is -0.160. The van der Waals surface area contributed by atoms with E-state index in [1.165, 1.54) is 12.1 Å². The Morgan fingerprint density at radius 1 is 1.39 bits per heavy atom. The lowest BCUT2D eigenvalue weighted by Crippen LogP contribution is -2.36. The van der Waals surface area contributed by atoms with Crippen molar-refractivity contribution in [2.24, 2.45) is 0 Å². The maximum atomic E-state index is 12.6. The molecule has 0 saturated heterocycles. The summed E-state index contributed by atoms with van der Waals surface area (Å²) >= 11 is 0. The number of esters is 1. The van der Waals surface area contributed by atoms with E-state index in [0.29, 0.717) is 0 Å². The minimum absolute atomic E-state index is 0.381. The number of alkyl halides is 1. The van der Waals surface area contributed by atoms with Crippen LogP contribution in [0.2, 0.25) is 0 Å². The number of carboxylic acids is 1. The molecule has 18 heavy (non-hydrogen) atoms. The van der Waals surface area contributed by atoms with Gasteiger partial charge < -0.3 is 14.6 Å². The van der Waals surface area contributed by atoms with Gasteiger partial charge in [-0.15, -0.1) is 0 Å². The summed E-state index contributed by atoms with van der Waals surface area (Å²) in [5.74, 6) is -3.20. The van der Waals surface area contributed by atoms with Crippen LogP contribution in [0.5, 0.6) is 0 Å². The summed E-state index contributed by atoms with van der Waals surface area (Å²) in [7, 11) is 0. The van der Waals surface area contributed by atoms with E-state index in [1.807, 2.05) is 0 Å². The van der Waals surface area contributed by atoms with Gasteiger partial charge in [0.05, 0.1) is 10.9 Å². The number of para-hydroxylation sites is 1. The number of halogens is 1. The minimum atomic E-state index is -2.48. The summed E-state index contributed by atoms with van der Waals surface area (Å²) in [5.41, 5.74) is -0.889. The molecule has 1 aromatic carbocycles. The van der Waals surface area contributed by atoms with Crippen LogP contribution in [0, 0.1) is 10.1 Å². The number of benzene rings is 1. The lowest BCUT2D eigenvalue weighted by molar-refractivity contribution is -0.385. The highest BCUT2D eigenvalue weighted by atomic mass is 19.1. The van der Waals surface area contributed by atoms with Crippen molar-refractivity contribution in [2.45, 2.75) is 6.17 Å². The van der Waals surface area contributed by atoms with Crippen molar-refractivity contribution in [1.29, 1.82) is 0 Å². The third-order valence-corrected chi connectivity index (χ3v) is 1.94. The van der Waals surface area contributed by atoms with Crippen molar-refractivity contribution in [3.05, 3.63) is 39.9 Å². The van der Waals surface area contributed by atoms with Crippen LogP contribution in [0.1, 0.15) is 10.4 Å². The SMILES string of the molecule is O=C(OCC(F)C(=O)[O-])c1ccccc1[N+](=O)[O-]. The molecule has 0 radical (unpaired) electrons. The number of nitro benzene ring substituents is 1. The quantitative estimate of drug-likeness (QED) is 0.411. The van der Waals surface area contributed by atoms with E-state index in [2.05, 4.69) is 4.74 Å². The molecule has 0 aromatic heterocycles. The molecular weight excluding hydrogens is 249 g/mol. The van der Waals surface area contributed by atoms with E-state index >= 15 is 0 Å². The number of hydrogen-bond acceptors (Lipinski definition) is 6. The van der Waals surface area contributed by atoms with Crippen molar-refractivity contribution >= 4 is 17.6 Å². The fourth-order valence-corrected chi connectivity index (χ4v) is 1.10. The average molecular weight is 256 g/mol. The molecule has 96 valence electrons. The second kappa shape index (κ2) is 5.71. The number of ether oxygens (including phenoxy) is 1. The first-order valence-electron chi connectivity index (χ1n) is 4.69. The van der Waals surface area contributed by atoms with Gasteiger partial charge in [-0.25, -0.2) is 9.18 Å². The summed E-state index contributed by atoms with van der Waals surface area (Å²) in [4.78, 5) is 31.2. The summed E-state index contributed by atoms with van der Waals surface area (Å²) in [5, 5.41) is 20.6. The van der Waals surface area contributed by atoms with Crippen LogP contribution < -0.4 is 5.11 Å². The Kier molecular flexibility index (Phi) is 4.30. The largest absolute Gasteiger partial charge is 0.547 e. The third-order valence-electron chi connectivity index (χ3n) is 1.94. The zero-order chi connectivity index (χ0) is 13.7. The Balaban J connectivity index is 2.79. The molecule has 0 fully saturated rings. The molecule has 0 bridgehead atoms. The van der Waals surface area contributed by atoms with Crippen molar-refractivity contribution < 1.29 is 28.7 Å². The van der Waals surface area contributed by atoms with Gasteiger partial charge in [-0.05, 0) is 6.07 Å². The van der Waals surface area contributed by atoms with Gasteiger partial charge in [0.2, 0.25) is 0 Å². The number of nitrogens with zero attached hydrogens (tertiary/aromatic N) is 1. The van der Waals surface area contributed by atoms with E-state index in [0.717, 1.165) is 12.1 Å². The first kappa shape index (κ1) is 13.6. The summed E-state index contributed by atoms with van der Waals surface area (Å²) < 4.78 is 16.9. The Labute approximate surface area is 99.9 Å². The van der Waals surface area contributed by atoms with Crippen LogP contribution in [0.25, 0.3) is 0 Å². The predicted molar refractivity (Wildman–Crippen MR) is 53.3 cm³/mol. The number of hydrogen-bond donors (Lipinski definition) is 0. The van der Waals surface area contributed by atoms with Gasteiger partial charge in [0, 0.05) is 6.07 Å². The minimum Gasteiger partial charge on any atom is -0.547 e. The van der Waals surface area contributed by atoms with E-state index in [4.69, 9.17) is 0 Å². The molecule has 0 aliphatic rings. The third kappa shape index (κ3) is 3.24. The maximum Gasteiger partial charge on any atom is 0.345 e.